The van der Waals surface area contributed by atoms with Crippen LogP contribution in [0.25, 0.3) is 0 Å². The number of nitrogens with one attached hydrogen (secondary N) is 1. The van der Waals surface area contributed by atoms with E-state index in [1.807, 2.05) is 0 Å². The van der Waals surface area contributed by atoms with Crippen molar-refractivity contribution in [2.45, 2.75) is 12.8 Å². The Kier molecular flexibility index (Phi) is 2.83. The Morgan fingerprint density at radius 3 is 3.20 bits per heavy atom. The van der Waals surface area contributed by atoms with Crippen LogP contribution in [0.4, 0.5) is 0 Å². The Hall–Kier alpha value is -0.410. The molecule has 0 bridgehead atoms. The molecular weight excluding hydrogens is 128 g/mol. The van der Waals surface area contributed by atoms with Crippen molar-refractivity contribution in [2.24, 2.45) is 11.7 Å². The van der Waals surface area contributed by atoms with E-state index < -0.39 is 0 Å². The van der Waals surface area contributed by atoms with E-state index in [9.17, 15) is 4.79 Å². The molecule has 58 valence electrons. The summed E-state index contributed by atoms with van der Waals surface area (Å²) in [5.74, 6) is 0.718. The maximum atomic E-state index is 10.9. The van der Waals surface area contributed by atoms with Gasteiger partial charge >= 0.3 is 0 Å². The predicted octanol–water partition coefficient (Wildman–Crippen LogP) is -0.486. The molecule has 0 aliphatic carbocycles. The average Bonchev–Trinajstić information content (AvgIpc) is 2.13. The third kappa shape index (κ3) is 2.08. The van der Waals surface area contributed by atoms with Crippen LogP contribution in [0.2, 0.25) is 0 Å². The van der Waals surface area contributed by atoms with E-state index in [-0.39, 0.29) is 0 Å². The second-order valence-corrected chi connectivity index (χ2v) is 2.81. The van der Waals surface area contributed by atoms with Crippen molar-refractivity contribution < 1.29 is 4.79 Å². The van der Waals surface area contributed by atoms with Crippen LogP contribution >= 0.6 is 0 Å². The number of nitrogens with two attached hydrogens (primary N) is 1. The monoisotopic (exact) mass is 142 g/mol. The number of carbonyl (C=O) groups is 1. The van der Waals surface area contributed by atoms with Crippen LogP contribution in [0, 0.1) is 5.92 Å². The van der Waals surface area contributed by atoms with E-state index in [4.69, 9.17) is 5.73 Å². The van der Waals surface area contributed by atoms with Gasteiger partial charge in [0, 0.05) is 6.42 Å². The van der Waals surface area contributed by atoms with E-state index in [0.29, 0.717) is 31.2 Å². The highest BCUT2D eigenvalue weighted by atomic mass is 16.1. The minimum absolute atomic E-state index is 0.299. The molecule has 1 heterocycles. The van der Waals surface area contributed by atoms with Crippen LogP contribution in [-0.4, -0.2) is 25.4 Å². The van der Waals surface area contributed by atoms with Crippen LogP contribution in [0.3, 0.4) is 0 Å². The lowest BCUT2D eigenvalue weighted by atomic mass is 10.0. The van der Waals surface area contributed by atoms with Gasteiger partial charge in [0.25, 0.3) is 0 Å². The standard InChI is InChI=1S/C7H14N2O/c8-4-6-1-2-9-5-7(10)3-6/h6,9H,1-5,8H2. The molecule has 0 saturated carbocycles. The Labute approximate surface area is 61.0 Å². The molecule has 0 spiro atoms. The Bertz CT molecular complexity index is 125. The number of carbonyl (C=O) groups excluding carboxylic acids is 1. The van der Waals surface area contributed by atoms with Crippen LogP contribution in [0.1, 0.15) is 12.8 Å². The van der Waals surface area contributed by atoms with E-state index in [1.54, 1.807) is 0 Å². The zero-order chi connectivity index (χ0) is 7.40. The highest BCUT2D eigenvalue weighted by molar-refractivity contribution is 5.80. The normalized spacial score (nSPS) is 28.1. The first-order valence-electron chi connectivity index (χ1n) is 3.75. The summed E-state index contributed by atoms with van der Waals surface area (Å²) >= 11 is 0. The van der Waals surface area contributed by atoms with E-state index in [2.05, 4.69) is 5.32 Å². The fraction of sp³-hybridized carbons (Fsp3) is 0.857. The van der Waals surface area contributed by atoms with Crippen molar-refractivity contribution in [3.63, 3.8) is 0 Å². The van der Waals surface area contributed by atoms with Crippen molar-refractivity contribution in [1.29, 1.82) is 0 Å². The smallest absolute Gasteiger partial charge is 0.146 e. The molecule has 1 aliphatic rings. The van der Waals surface area contributed by atoms with Crippen molar-refractivity contribution in [3.8, 4) is 0 Å². The van der Waals surface area contributed by atoms with Gasteiger partial charge in [-0.1, -0.05) is 0 Å². The van der Waals surface area contributed by atoms with Gasteiger partial charge < -0.3 is 11.1 Å². The Balaban J connectivity index is 2.38. The largest absolute Gasteiger partial charge is 0.330 e. The maximum absolute atomic E-state index is 10.9. The molecule has 3 heteroatoms. The highest BCUT2D eigenvalue weighted by Gasteiger charge is 2.14. The summed E-state index contributed by atoms with van der Waals surface area (Å²) in [6.45, 7) is 2.12. The molecule has 1 saturated heterocycles. The van der Waals surface area contributed by atoms with E-state index in [1.165, 1.54) is 0 Å². The van der Waals surface area contributed by atoms with Crippen molar-refractivity contribution in [3.05, 3.63) is 0 Å². The van der Waals surface area contributed by atoms with Crippen molar-refractivity contribution in [2.75, 3.05) is 19.6 Å². The summed E-state index contributed by atoms with van der Waals surface area (Å²) < 4.78 is 0. The molecule has 3 N–H and O–H groups in total. The molecule has 0 aromatic carbocycles. The van der Waals surface area contributed by atoms with Crippen LogP contribution in [0.5, 0.6) is 0 Å². The SMILES string of the molecule is NCC1CCNCC(=O)C1. The fourth-order valence-electron chi connectivity index (χ4n) is 1.23. The topological polar surface area (TPSA) is 55.1 Å². The molecule has 1 unspecified atom stereocenters. The van der Waals surface area contributed by atoms with Crippen LogP contribution in [-0.2, 0) is 4.79 Å². The van der Waals surface area contributed by atoms with Crippen molar-refractivity contribution >= 4 is 5.78 Å². The molecule has 1 rings (SSSR count). The predicted molar refractivity (Wildman–Crippen MR) is 39.7 cm³/mol. The zero-order valence-corrected chi connectivity index (χ0v) is 6.10. The summed E-state index contributed by atoms with van der Waals surface area (Å²) in [7, 11) is 0. The molecule has 3 nitrogen and oxygen atoms in total. The molecule has 0 aromatic heterocycles. The molecule has 10 heavy (non-hydrogen) atoms. The molecular formula is C7H14N2O. The molecule has 0 radical (unpaired) electrons. The Morgan fingerprint density at radius 1 is 1.70 bits per heavy atom. The van der Waals surface area contributed by atoms with Gasteiger partial charge in [0.2, 0.25) is 0 Å². The number of rotatable bonds is 1. The van der Waals surface area contributed by atoms with Crippen molar-refractivity contribution in [1.82, 2.24) is 5.32 Å². The summed E-state index contributed by atoms with van der Waals surface area (Å²) in [6.07, 6.45) is 1.71. The van der Waals surface area contributed by atoms with Gasteiger partial charge in [0.15, 0.2) is 0 Å². The second kappa shape index (κ2) is 3.68. The Morgan fingerprint density at radius 2 is 2.50 bits per heavy atom. The minimum Gasteiger partial charge on any atom is -0.330 e. The van der Waals surface area contributed by atoms with E-state index in [0.717, 1.165) is 13.0 Å². The van der Waals surface area contributed by atoms with Crippen LogP contribution < -0.4 is 11.1 Å². The lowest BCUT2D eigenvalue weighted by Gasteiger charge is -2.07. The maximum Gasteiger partial charge on any atom is 0.146 e. The minimum atomic E-state index is 0.299. The first-order valence-corrected chi connectivity index (χ1v) is 3.75. The zero-order valence-electron chi connectivity index (χ0n) is 6.10. The molecule has 0 amide bonds. The number of ketones is 1. The summed E-state index contributed by atoms with van der Waals surface area (Å²) in [5.41, 5.74) is 5.45. The molecule has 0 aromatic rings. The molecule has 1 aliphatic heterocycles. The number of hydrogen-bond acceptors (Lipinski definition) is 3. The number of hydrogen-bond donors (Lipinski definition) is 2. The van der Waals surface area contributed by atoms with Gasteiger partial charge in [0.1, 0.15) is 5.78 Å². The third-order valence-electron chi connectivity index (χ3n) is 1.90. The van der Waals surface area contributed by atoms with Gasteiger partial charge in [-0.05, 0) is 25.4 Å². The fourth-order valence-corrected chi connectivity index (χ4v) is 1.23. The summed E-state index contributed by atoms with van der Waals surface area (Å²) in [6, 6.07) is 0. The first kappa shape index (κ1) is 7.69. The highest BCUT2D eigenvalue weighted by Crippen LogP contribution is 2.08. The third-order valence-corrected chi connectivity index (χ3v) is 1.90. The first-order chi connectivity index (χ1) is 4.83. The quantitative estimate of drug-likeness (QED) is 0.519. The van der Waals surface area contributed by atoms with Gasteiger partial charge in [-0.15, -0.1) is 0 Å². The van der Waals surface area contributed by atoms with Crippen LogP contribution in [0.15, 0.2) is 0 Å². The summed E-state index contributed by atoms with van der Waals surface area (Å²) in [5, 5.41) is 3.06. The van der Waals surface area contributed by atoms with Gasteiger partial charge in [-0.2, -0.15) is 0 Å². The lowest BCUT2D eigenvalue weighted by Crippen LogP contribution is -2.19. The molecule has 1 atom stereocenters. The summed E-state index contributed by atoms with van der Waals surface area (Å²) in [4.78, 5) is 10.9. The van der Waals surface area contributed by atoms with Gasteiger partial charge in [-0.3, -0.25) is 4.79 Å². The molecule has 1 fully saturated rings. The van der Waals surface area contributed by atoms with E-state index >= 15 is 0 Å². The number of Topliss-reactive ketones (excluding diaryl/α,β-unsaturated/α-hetero) is 1. The van der Waals surface area contributed by atoms with Gasteiger partial charge in [-0.25, -0.2) is 0 Å². The van der Waals surface area contributed by atoms with Gasteiger partial charge in [0.05, 0.1) is 6.54 Å². The average molecular weight is 142 g/mol. The lowest BCUT2D eigenvalue weighted by molar-refractivity contribution is -0.118. The second-order valence-electron chi connectivity index (χ2n) is 2.81.